The van der Waals surface area contributed by atoms with Crippen molar-refractivity contribution in [2.45, 2.75) is 13.5 Å². The summed E-state index contributed by atoms with van der Waals surface area (Å²) in [5.74, 6) is 0.842. The molecule has 0 aliphatic carbocycles. The van der Waals surface area contributed by atoms with Crippen molar-refractivity contribution in [3.63, 3.8) is 0 Å². The Morgan fingerprint density at radius 1 is 1.29 bits per heavy atom. The Morgan fingerprint density at radius 3 is 2.76 bits per heavy atom. The number of ether oxygens (including phenoxy) is 1. The number of fused-ring (bicyclic) bond motifs is 1. The van der Waals surface area contributed by atoms with Crippen molar-refractivity contribution in [3.8, 4) is 17.0 Å². The van der Waals surface area contributed by atoms with Crippen LogP contribution in [0.15, 0.2) is 41.0 Å². The van der Waals surface area contributed by atoms with Crippen molar-refractivity contribution < 1.29 is 9.84 Å². The molecule has 0 spiro atoms. The Hall–Kier alpha value is -1.85. The quantitative estimate of drug-likeness (QED) is 0.737. The van der Waals surface area contributed by atoms with Crippen molar-refractivity contribution >= 4 is 21.6 Å². The summed E-state index contributed by atoms with van der Waals surface area (Å²) in [5, 5.41) is 9.75. The monoisotopic (exact) mass is 346 g/mol. The molecule has 21 heavy (non-hydrogen) atoms. The van der Waals surface area contributed by atoms with Crippen LogP contribution in [0.1, 0.15) is 11.3 Å². The Labute approximate surface area is 131 Å². The molecule has 0 amide bonds. The molecule has 0 aliphatic heterocycles. The second kappa shape index (κ2) is 5.50. The topological polar surface area (TPSA) is 46.8 Å². The highest BCUT2D eigenvalue weighted by Gasteiger charge is 2.15. The smallest absolute Gasteiger partial charge is 0.138 e. The van der Waals surface area contributed by atoms with Crippen LogP contribution in [0.3, 0.4) is 0 Å². The van der Waals surface area contributed by atoms with Gasteiger partial charge in [0.05, 0.1) is 29.7 Å². The van der Waals surface area contributed by atoms with E-state index in [4.69, 9.17) is 4.74 Å². The van der Waals surface area contributed by atoms with Crippen LogP contribution >= 0.6 is 15.9 Å². The van der Waals surface area contributed by atoms with E-state index in [0.717, 1.165) is 38.5 Å². The van der Waals surface area contributed by atoms with Crippen LogP contribution in [0.5, 0.6) is 5.75 Å². The average Bonchev–Trinajstić information content (AvgIpc) is 2.87. The van der Waals surface area contributed by atoms with Gasteiger partial charge in [0.15, 0.2) is 0 Å². The fourth-order valence-electron chi connectivity index (χ4n) is 2.51. The van der Waals surface area contributed by atoms with Crippen LogP contribution in [0.2, 0.25) is 0 Å². The number of hydrogen-bond acceptors (Lipinski definition) is 3. The van der Waals surface area contributed by atoms with E-state index in [1.165, 1.54) is 0 Å². The molecule has 1 N–H and O–H groups in total. The van der Waals surface area contributed by atoms with Gasteiger partial charge in [0, 0.05) is 5.56 Å². The van der Waals surface area contributed by atoms with Gasteiger partial charge in [0.25, 0.3) is 0 Å². The molecular formula is C16H15BrN2O2. The van der Waals surface area contributed by atoms with E-state index >= 15 is 0 Å². The number of halogens is 1. The van der Waals surface area contributed by atoms with E-state index < -0.39 is 0 Å². The molecule has 0 bridgehead atoms. The van der Waals surface area contributed by atoms with Crippen LogP contribution in [0.4, 0.5) is 0 Å². The van der Waals surface area contributed by atoms with Crippen molar-refractivity contribution in [1.82, 2.24) is 9.38 Å². The van der Waals surface area contributed by atoms with Gasteiger partial charge >= 0.3 is 0 Å². The van der Waals surface area contributed by atoms with Crippen molar-refractivity contribution in [1.29, 1.82) is 0 Å². The maximum atomic E-state index is 9.75. The molecule has 0 fully saturated rings. The van der Waals surface area contributed by atoms with E-state index in [1.54, 1.807) is 7.11 Å². The Balaban J connectivity index is 2.25. The second-order valence-electron chi connectivity index (χ2n) is 4.79. The number of aryl methyl sites for hydroxylation is 1. The predicted octanol–water partition coefficient (Wildman–Crippen LogP) is 3.57. The van der Waals surface area contributed by atoms with Crippen molar-refractivity contribution in [2.75, 3.05) is 7.11 Å². The van der Waals surface area contributed by atoms with E-state index in [0.29, 0.717) is 0 Å². The lowest BCUT2D eigenvalue weighted by atomic mass is 10.1. The number of imidazole rings is 1. The van der Waals surface area contributed by atoms with Gasteiger partial charge in [-0.05, 0) is 58.7 Å². The van der Waals surface area contributed by atoms with E-state index in [2.05, 4.69) is 20.9 Å². The number of methoxy groups -OCH3 is 1. The average molecular weight is 347 g/mol. The lowest BCUT2D eigenvalue weighted by Gasteiger charge is -2.07. The first-order chi connectivity index (χ1) is 10.2. The molecule has 3 rings (SSSR count). The zero-order valence-electron chi connectivity index (χ0n) is 11.8. The van der Waals surface area contributed by atoms with Crippen LogP contribution in [0, 0.1) is 6.92 Å². The molecule has 0 aliphatic rings. The normalized spacial score (nSPS) is 11.0. The van der Waals surface area contributed by atoms with Crippen LogP contribution < -0.4 is 4.74 Å². The zero-order chi connectivity index (χ0) is 15.0. The minimum absolute atomic E-state index is 0.0792. The van der Waals surface area contributed by atoms with Gasteiger partial charge in [0.2, 0.25) is 0 Å². The summed E-state index contributed by atoms with van der Waals surface area (Å²) >= 11 is 3.50. The third kappa shape index (κ3) is 2.32. The summed E-state index contributed by atoms with van der Waals surface area (Å²) in [4.78, 5) is 4.64. The van der Waals surface area contributed by atoms with Gasteiger partial charge in [0.1, 0.15) is 11.4 Å². The molecule has 0 atom stereocenters. The fourth-order valence-corrected chi connectivity index (χ4v) is 3.06. The molecule has 3 aromatic rings. The highest BCUT2D eigenvalue weighted by atomic mass is 79.9. The maximum absolute atomic E-state index is 9.75. The molecule has 0 unspecified atom stereocenters. The molecule has 5 heteroatoms. The van der Waals surface area contributed by atoms with Gasteiger partial charge in [-0.15, -0.1) is 0 Å². The fraction of sp³-hybridized carbons (Fsp3) is 0.188. The highest BCUT2D eigenvalue weighted by Crippen LogP contribution is 2.30. The van der Waals surface area contributed by atoms with Gasteiger partial charge in [-0.2, -0.15) is 0 Å². The van der Waals surface area contributed by atoms with Gasteiger partial charge in [-0.25, -0.2) is 4.98 Å². The third-order valence-corrected chi connectivity index (χ3v) is 4.13. The molecule has 2 aromatic heterocycles. The summed E-state index contributed by atoms with van der Waals surface area (Å²) in [6.07, 6.45) is 0. The first kappa shape index (κ1) is 14.1. The first-order valence-electron chi connectivity index (χ1n) is 6.57. The van der Waals surface area contributed by atoms with Crippen LogP contribution in [0.25, 0.3) is 16.9 Å². The summed E-state index contributed by atoms with van der Waals surface area (Å²) in [6.45, 7) is 1.91. The lowest BCUT2D eigenvalue weighted by Crippen LogP contribution is -1.96. The largest absolute Gasteiger partial charge is 0.496 e. The van der Waals surface area contributed by atoms with Gasteiger partial charge < -0.3 is 9.84 Å². The van der Waals surface area contributed by atoms with Crippen molar-refractivity contribution in [2.24, 2.45) is 0 Å². The number of benzene rings is 1. The molecule has 1 aromatic carbocycles. The van der Waals surface area contributed by atoms with E-state index in [1.807, 2.05) is 47.7 Å². The van der Waals surface area contributed by atoms with Crippen LogP contribution in [-0.4, -0.2) is 21.6 Å². The molecule has 2 heterocycles. The Kier molecular flexibility index (Phi) is 3.69. The van der Waals surface area contributed by atoms with Crippen molar-refractivity contribution in [3.05, 3.63) is 52.3 Å². The van der Waals surface area contributed by atoms with Crippen LogP contribution in [-0.2, 0) is 6.61 Å². The third-order valence-electron chi connectivity index (χ3n) is 3.51. The molecule has 0 radical (unpaired) electrons. The molecular weight excluding hydrogens is 332 g/mol. The van der Waals surface area contributed by atoms with E-state index in [-0.39, 0.29) is 6.61 Å². The molecule has 0 saturated heterocycles. The number of nitrogens with zero attached hydrogens (tertiary/aromatic N) is 2. The standard InChI is InChI=1S/C16H15BrN2O2/c1-10-8-11(6-7-13(10)21-2)16-12(9-20)19-14(17)4-3-5-15(19)18-16/h3-8,20H,9H2,1-2H3. The maximum Gasteiger partial charge on any atom is 0.138 e. The second-order valence-corrected chi connectivity index (χ2v) is 5.60. The summed E-state index contributed by atoms with van der Waals surface area (Å²) < 4.78 is 8.07. The number of aliphatic hydroxyl groups is 1. The zero-order valence-corrected chi connectivity index (χ0v) is 13.4. The lowest BCUT2D eigenvalue weighted by molar-refractivity contribution is 0.276. The molecule has 0 saturated carbocycles. The van der Waals surface area contributed by atoms with Gasteiger partial charge in [-0.3, -0.25) is 4.40 Å². The SMILES string of the molecule is COc1ccc(-c2nc3cccc(Br)n3c2CO)cc1C. The number of hydrogen-bond donors (Lipinski definition) is 1. The minimum atomic E-state index is -0.0792. The summed E-state index contributed by atoms with van der Waals surface area (Å²) in [5.41, 5.74) is 4.36. The Bertz CT molecular complexity index is 811. The number of pyridine rings is 1. The number of aromatic nitrogens is 2. The first-order valence-corrected chi connectivity index (χ1v) is 7.36. The van der Waals surface area contributed by atoms with E-state index in [9.17, 15) is 5.11 Å². The Morgan fingerprint density at radius 2 is 2.10 bits per heavy atom. The highest BCUT2D eigenvalue weighted by molar-refractivity contribution is 9.10. The molecule has 4 nitrogen and oxygen atoms in total. The molecule has 108 valence electrons. The number of rotatable bonds is 3. The minimum Gasteiger partial charge on any atom is -0.496 e. The number of aliphatic hydroxyl groups excluding tert-OH is 1. The van der Waals surface area contributed by atoms with Gasteiger partial charge in [-0.1, -0.05) is 6.07 Å². The summed E-state index contributed by atoms with van der Waals surface area (Å²) in [6, 6.07) is 11.7. The summed E-state index contributed by atoms with van der Waals surface area (Å²) in [7, 11) is 1.66. The predicted molar refractivity (Wildman–Crippen MR) is 85.5 cm³/mol.